The molecule has 8 aliphatic rings. The van der Waals surface area contributed by atoms with Gasteiger partial charge in [-0.1, -0.05) is 80.7 Å². The minimum absolute atomic E-state index is 0.232. The lowest BCUT2D eigenvalue weighted by molar-refractivity contribution is 0.272. The molecule has 1 saturated carbocycles. The van der Waals surface area contributed by atoms with Crippen molar-refractivity contribution in [3.05, 3.63) is 156 Å². The number of fused-ring (bicyclic) bond motifs is 9. The van der Waals surface area contributed by atoms with E-state index in [4.69, 9.17) is 49.0 Å². The van der Waals surface area contributed by atoms with Crippen LogP contribution in [0.3, 0.4) is 0 Å². The van der Waals surface area contributed by atoms with Gasteiger partial charge in [-0.25, -0.2) is 0 Å². The van der Waals surface area contributed by atoms with Gasteiger partial charge >= 0.3 is 42.8 Å². The molecule has 0 saturated heterocycles. The van der Waals surface area contributed by atoms with Crippen LogP contribution in [-0.4, -0.2) is 57.0 Å². The van der Waals surface area contributed by atoms with Gasteiger partial charge in [-0.05, 0) is 209 Å². The second-order valence-electron chi connectivity index (χ2n) is 22.9. The summed E-state index contributed by atoms with van der Waals surface area (Å²) in [6.45, 7) is 20.5. The summed E-state index contributed by atoms with van der Waals surface area (Å²) in [5.74, 6) is 6.85. The standard InChI is InChI=1S/C62H74O11Si5/c1-63-57-42-54-55(43-58(57)64-2)61-53(60-59(54)52-20-16-17-21-56(52)62(60)40-18-14-13-15-19-41-62)39-24-44-22-25-45(26-23-44)65-47-31-35-50(36-32-47)68-74(3,4)70-76(7,8)72-78(11,12)73-77(9,10)71-75(5,6)69-51-37-33-48(34-38-51)66-46-27-29-49(67-61)30-28-46/h16-17,20-39,42-43H,13-15,18-19,40-41H2,1-12H3/b39-24-. The van der Waals surface area contributed by atoms with Crippen molar-refractivity contribution < 1.29 is 49.0 Å². The number of hydrogen-bond donors (Lipinski definition) is 0. The topological polar surface area (TPSA) is 102 Å². The molecule has 0 radical (unpaired) electrons. The molecular formula is C62H74O11Si5. The molecule has 408 valence electrons. The molecule has 6 aliphatic heterocycles. The van der Waals surface area contributed by atoms with Crippen LogP contribution in [0.1, 0.15) is 67.2 Å². The van der Waals surface area contributed by atoms with Crippen LogP contribution in [0, 0.1) is 0 Å². The first-order chi connectivity index (χ1) is 37.1. The fraction of sp³-hybridized carbons (Fsp3) is 0.323. The number of benzene rings is 7. The van der Waals surface area contributed by atoms with Crippen LogP contribution in [0.5, 0.6) is 57.5 Å². The maximum Gasteiger partial charge on any atom is 0.383 e. The first-order valence-corrected chi connectivity index (χ1v) is 41.4. The molecule has 8 bridgehead atoms. The van der Waals surface area contributed by atoms with Gasteiger partial charge in [0.2, 0.25) is 0 Å². The Labute approximate surface area is 466 Å². The zero-order chi connectivity index (χ0) is 55.1. The van der Waals surface area contributed by atoms with Gasteiger partial charge in [0.05, 0.1) is 14.2 Å². The summed E-state index contributed by atoms with van der Waals surface area (Å²) in [4.78, 5) is 0. The van der Waals surface area contributed by atoms with Crippen molar-refractivity contribution >= 4 is 65.7 Å². The SMILES string of the molecule is COc1cc2c3c(c4c(c2cc1OC)-c1ccccc1C41CCCCCCC1)/C=C\c1ccc(cc1)Oc1ccc(cc1)O[Si](C)(C)O[Si](C)(C)O[Si](C)(C)O[Si](C)(C)O[Si](C)(C)Oc1ccc(cc1)Oc1ccc(cc1)O3. The zero-order valence-electron chi connectivity index (χ0n) is 47.3. The van der Waals surface area contributed by atoms with Gasteiger partial charge < -0.3 is 49.0 Å². The van der Waals surface area contributed by atoms with Crippen molar-refractivity contribution in [2.24, 2.45) is 0 Å². The molecule has 0 aromatic heterocycles. The average Bonchev–Trinajstić information content (AvgIpc) is 3.39. The first-order valence-electron chi connectivity index (χ1n) is 27.3. The van der Waals surface area contributed by atoms with Crippen molar-refractivity contribution in [3.8, 4) is 68.6 Å². The van der Waals surface area contributed by atoms with Crippen molar-refractivity contribution in [2.45, 2.75) is 116 Å². The highest BCUT2D eigenvalue weighted by Crippen LogP contribution is 2.61. The van der Waals surface area contributed by atoms with Gasteiger partial charge in [0, 0.05) is 16.4 Å². The summed E-state index contributed by atoms with van der Waals surface area (Å²) in [7, 11) is -10.4. The largest absolute Gasteiger partial charge is 0.521 e. The Bertz CT molecular complexity index is 3300. The molecule has 0 atom stereocenters. The second-order valence-corrected chi connectivity index (χ2v) is 40.5. The predicted octanol–water partition coefficient (Wildman–Crippen LogP) is 17.8. The van der Waals surface area contributed by atoms with Gasteiger partial charge in [-0.3, -0.25) is 0 Å². The highest BCUT2D eigenvalue weighted by atomic mass is 28.5. The molecule has 16 heteroatoms. The summed E-state index contributed by atoms with van der Waals surface area (Å²) in [6, 6.07) is 44.7. The van der Waals surface area contributed by atoms with E-state index in [1.54, 1.807) is 14.2 Å². The molecule has 15 rings (SSSR count). The van der Waals surface area contributed by atoms with E-state index in [-0.39, 0.29) is 5.41 Å². The molecule has 7 aromatic rings. The second kappa shape index (κ2) is 22.0. The zero-order valence-corrected chi connectivity index (χ0v) is 52.3. The van der Waals surface area contributed by atoms with Gasteiger partial charge in [-0.2, -0.15) is 0 Å². The third kappa shape index (κ3) is 12.4. The van der Waals surface area contributed by atoms with Crippen molar-refractivity contribution in [1.82, 2.24) is 0 Å². The molecule has 1 fully saturated rings. The van der Waals surface area contributed by atoms with E-state index in [1.807, 2.05) is 111 Å². The number of rotatable bonds is 2. The normalized spacial score (nSPS) is 19.7. The molecule has 0 amide bonds. The van der Waals surface area contributed by atoms with Gasteiger partial charge in [0.25, 0.3) is 0 Å². The minimum Gasteiger partial charge on any atom is -0.521 e. The Morgan fingerprint density at radius 1 is 0.410 bits per heavy atom. The quantitative estimate of drug-likeness (QED) is 0.155. The monoisotopic (exact) mass is 1130 g/mol. The van der Waals surface area contributed by atoms with E-state index in [9.17, 15) is 0 Å². The van der Waals surface area contributed by atoms with Crippen molar-refractivity contribution in [2.75, 3.05) is 14.2 Å². The van der Waals surface area contributed by atoms with Crippen LogP contribution in [0.15, 0.2) is 133 Å². The van der Waals surface area contributed by atoms with Gasteiger partial charge in [0.1, 0.15) is 46.0 Å². The lowest BCUT2D eigenvalue weighted by Crippen LogP contribution is -2.60. The minimum atomic E-state index is -2.77. The maximum absolute atomic E-state index is 7.30. The Morgan fingerprint density at radius 3 is 1.28 bits per heavy atom. The number of ether oxygens (including phenoxy) is 5. The Hall–Kier alpha value is -5.94. The summed E-state index contributed by atoms with van der Waals surface area (Å²) >= 11 is 0. The van der Waals surface area contributed by atoms with E-state index in [1.165, 1.54) is 41.5 Å². The maximum atomic E-state index is 7.30. The van der Waals surface area contributed by atoms with Crippen LogP contribution in [0.4, 0.5) is 0 Å². The van der Waals surface area contributed by atoms with Crippen LogP contribution in [-0.2, 0) is 21.9 Å². The van der Waals surface area contributed by atoms with Crippen LogP contribution in [0.25, 0.3) is 34.1 Å². The molecule has 11 nitrogen and oxygen atoms in total. The summed E-state index contributed by atoms with van der Waals surface area (Å²) < 4.78 is 72.6. The fourth-order valence-corrected chi connectivity index (χ4v) is 34.4. The van der Waals surface area contributed by atoms with Crippen LogP contribution < -0.4 is 32.5 Å². The molecule has 2 aliphatic carbocycles. The lowest BCUT2D eigenvalue weighted by atomic mass is 9.68. The van der Waals surface area contributed by atoms with E-state index in [0.29, 0.717) is 46.0 Å². The Kier molecular flexibility index (Phi) is 15.6. The van der Waals surface area contributed by atoms with E-state index in [0.717, 1.165) is 59.1 Å². The Morgan fingerprint density at radius 2 is 0.808 bits per heavy atom. The molecular weight excluding hydrogens is 1060 g/mol. The number of hydrogen-bond acceptors (Lipinski definition) is 11. The fourth-order valence-electron chi connectivity index (χ4n) is 12.1. The average molecular weight is 1140 g/mol. The van der Waals surface area contributed by atoms with Crippen molar-refractivity contribution in [1.29, 1.82) is 0 Å². The summed E-state index contributed by atoms with van der Waals surface area (Å²) in [5, 5.41) is 1.99. The van der Waals surface area contributed by atoms with Gasteiger partial charge in [0.15, 0.2) is 11.5 Å². The van der Waals surface area contributed by atoms with Crippen LogP contribution in [0.2, 0.25) is 65.5 Å². The van der Waals surface area contributed by atoms with E-state index < -0.39 is 42.8 Å². The smallest absolute Gasteiger partial charge is 0.383 e. The molecule has 78 heavy (non-hydrogen) atoms. The highest BCUT2D eigenvalue weighted by molar-refractivity contribution is 6.89. The molecule has 7 aromatic carbocycles. The van der Waals surface area contributed by atoms with E-state index >= 15 is 0 Å². The van der Waals surface area contributed by atoms with Gasteiger partial charge in [-0.15, -0.1) is 0 Å². The summed E-state index contributed by atoms with van der Waals surface area (Å²) in [5.41, 5.74) is 7.01. The molecule has 0 N–H and O–H groups in total. The first kappa shape index (κ1) is 55.4. The third-order valence-electron chi connectivity index (χ3n) is 14.4. The molecule has 6 heterocycles. The predicted molar refractivity (Wildman–Crippen MR) is 324 cm³/mol. The Balaban J connectivity index is 1.07. The summed E-state index contributed by atoms with van der Waals surface area (Å²) in [6.07, 6.45) is 12.5. The molecule has 1 spiro atoms. The highest BCUT2D eigenvalue weighted by Gasteiger charge is 2.49. The lowest BCUT2D eigenvalue weighted by Gasteiger charge is -2.41. The van der Waals surface area contributed by atoms with E-state index in [2.05, 4.69) is 100.0 Å². The third-order valence-corrected chi connectivity index (χ3v) is 31.6. The molecule has 0 unspecified atom stereocenters. The number of methoxy groups -OCH3 is 2. The van der Waals surface area contributed by atoms with Crippen LogP contribution >= 0.6 is 0 Å². The van der Waals surface area contributed by atoms with Crippen molar-refractivity contribution in [3.63, 3.8) is 0 Å².